The molecular weight excluding hydrogens is 405 g/mol. The number of carboxylic acid groups (broad SMARTS) is 1. The molecule has 0 saturated carbocycles. The van der Waals surface area contributed by atoms with Crippen LogP contribution in [0.15, 0.2) is 78.9 Å². The van der Waals surface area contributed by atoms with Gasteiger partial charge in [-0.15, -0.1) is 0 Å². The van der Waals surface area contributed by atoms with Crippen LogP contribution in [-0.4, -0.2) is 24.7 Å². The van der Waals surface area contributed by atoms with E-state index in [0.29, 0.717) is 6.04 Å². The molecule has 0 aliphatic carbocycles. The molecule has 3 aromatic rings. The van der Waals surface area contributed by atoms with Gasteiger partial charge in [0.25, 0.3) is 0 Å². The van der Waals surface area contributed by atoms with E-state index in [2.05, 4.69) is 89.5 Å². The molecular formula is C24H23F3N2O2. The van der Waals surface area contributed by atoms with Crippen molar-refractivity contribution in [1.29, 1.82) is 0 Å². The number of carbonyl (C=O) groups is 1. The van der Waals surface area contributed by atoms with Gasteiger partial charge in [-0.3, -0.25) is 0 Å². The summed E-state index contributed by atoms with van der Waals surface area (Å²) in [5.41, 5.74) is 11.0. The molecule has 1 heterocycles. The molecule has 3 aromatic carbocycles. The van der Waals surface area contributed by atoms with Gasteiger partial charge in [0.1, 0.15) is 12.0 Å². The number of benzene rings is 3. The van der Waals surface area contributed by atoms with Crippen LogP contribution in [0.1, 0.15) is 11.1 Å². The molecule has 1 atom stereocenters. The van der Waals surface area contributed by atoms with Crippen LogP contribution in [0.2, 0.25) is 0 Å². The molecule has 7 heteroatoms. The van der Waals surface area contributed by atoms with E-state index in [1.165, 1.54) is 27.9 Å². The molecule has 0 aromatic heterocycles. The lowest BCUT2D eigenvalue weighted by Gasteiger charge is -2.33. The van der Waals surface area contributed by atoms with Crippen LogP contribution in [0, 0.1) is 0 Å². The Hall–Kier alpha value is -3.32. The number of quaternary nitrogens is 1. The average molecular weight is 428 g/mol. The first-order valence-electron chi connectivity index (χ1n) is 9.82. The lowest BCUT2D eigenvalue weighted by atomic mass is 9.94. The van der Waals surface area contributed by atoms with Gasteiger partial charge in [-0.1, -0.05) is 66.7 Å². The minimum atomic E-state index is -5.19. The number of hydrogen-bond acceptors (Lipinski definition) is 3. The predicted octanol–water partition coefficient (Wildman–Crippen LogP) is 2.83. The molecule has 1 aliphatic heterocycles. The summed E-state index contributed by atoms with van der Waals surface area (Å²) >= 11 is 0. The van der Waals surface area contributed by atoms with Crippen molar-refractivity contribution in [3.05, 3.63) is 90.0 Å². The SMILES string of the molecule is O=C([O-])C(F)(F)F.[NH3+]C1Cc2cc(-c3ccccc3)ccc2N(Cc2ccccc2)C1. The molecule has 0 spiro atoms. The second kappa shape index (κ2) is 9.66. The number of carboxylic acids is 1. The van der Waals surface area contributed by atoms with Gasteiger partial charge in [0.05, 0.1) is 6.54 Å². The smallest absolute Gasteiger partial charge is 0.430 e. The van der Waals surface area contributed by atoms with Gasteiger partial charge < -0.3 is 20.5 Å². The van der Waals surface area contributed by atoms with Gasteiger partial charge in [-0.2, -0.15) is 13.2 Å². The summed E-state index contributed by atoms with van der Waals surface area (Å²) in [6, 6.07) is 28.6. The zero-order chi connectivity index (χ0) is 22.4. The van der Waals surface area contributed by atoms with Crippen molar-refractivity contribution in [3.8, 4) is 11.1 Å². The highest BCUT2D eigenvalue weighted by Crippen LogP contribution is 2.32. The third kappa shape index (κ3) is 6.08. The van der Waals surface area contributed by atoms with Crippen LogP contribution < -0.4 is 15.7 Å². The average Bonchev–Trinajstić information content (AvgIpc) is 2.74. The maximum absolute atomic E-state index is 10.5. The molecule has 1 unspecified atom stereocenters. The van der Waals surface area contributed by atoms with E-state index in [1.807, 2.05) is 0 Å². The van der Waals surface area contributed by atoms with E-state index >= 15 is 0 Å². The number of halogens is 3. The number of nitrogens with zero attached hydrogens (tertiary/aromatic N) is 1. The lowest BCUT2D eigenvalue weighted by Crippen LogP contribution is -2.67. The highest BCUT2D eigenvalue weighted by molar-refractivity contribution is 5.71. The quantitative estimate of drug-likeness (QED) is 0.698. The van der Waals surface area contributed by atoms with E-state index < -0.39 is 12.1 Å². The minimum absolute atomic E-state index is 0.437. The Morgan fingerprint density at radius 3 is 2.13 bits per heavy atom. The molecule has 162 valence electrons. The van der Waals surface area contributed by atoms with E-state index in [9.17, 15) is 13.2 Å². The van der Waals surface area contributed by atoms with Crippen molar-refractivity contribution in [1.82, 2.24) is 0 Å². The molecule has 31 heavy (non-hydrogen) atoms. The van der Waals surface area contributed by atoms with Crippen LogP contribution in [0.3, 0.4) is 0 Å². The van der Waals surface area contributed by atoms with E-state index in [0.717, 1.165) is 19.5 Å². The maximum Gasteiger partial charge on any atom is 0.430 e. The number of aliphatic carboxylic acids is 1. The second-order valence-electron chi connectivity index (χ2n) is 7.43. The number of rotatable bonds is 3. The topological polar surface area (TPSA) is 71.0 Å². The fraction of sp³-hybridized carbons (Fsp3) is 0.208. The Labute approximate surface area is 178 Å². The highest BCUT2D eigenvalue weighted by atomic mass is 19.4. The standard InChI is InChI=1S/C22H22N2.C2HF3O2/c23-21-14-20-13-19(18-9-5-2-6-10-18)11-12-22(20)24(16-21)15-17-7-3-1-4-8-17;3-2(4,5)1(6)7/h1-13,21H,14-16,23H2;(H,6,7). The fourth-order valence-corrected chi connectivity index (χ4v) is 3.61. The summed E-state index contributed by atoms with van der Waals surface area (Å²) in [4.78, 5) is 11.3. The first-order valence-corrected chi connectivity index (χ1v) is 9.82. The molecule has 0 saturated heterocycles. The van der Waals surface area contributed by atoms with Crippen molar-refractivity contribution in [2.24, 2.45) is 0 Å². The number of carbonyl (C=O) groups excluding carboxylic acids is 1. The van der Waals surface area contributed by atoms with Crippen molar-refractivity contribution < 1.29 is 28.8 Å². The number of alkyl halides is 3. The Morgan fingerprint density at radius 1 is 0.968 bits per heavy atom. The van der Waals surface area contributed by atoms with Gasteiger partial charge in [-0.25, -0.2) is 0 Å². The second-order valence-corrected chi connectivity index (χ2v) is 7.43. The molecule has 0 radical (unpaired) electrons. The zero-order valence-corrected chi connectivity index (χ0v) is 16.8. The van der Waals surface area contributed by atoms with Crippen LogP contribution in [-0.2, 0) is 17.8 Å². The Kier molecular flexibility index (Phi) is 6.97. The Bertz CT molecular complexity index is 1010. The van der Waals surface area contributed by atoms with Gasteiger partial charge in [0.2, 0.25) is 0 Å². The summed E-state index contributed by atoms with van der Waals surface area (Å²) in [6.45, 7) is 1.97. The largest absolute Gasteiger partial charge is 0.542 e. The fourth-order valence-electron chi connectivity index (χ4n) is 3.61. The van der Waals surface area contributed by atoms with E-state index in [4.69, 9.17) is 9.90 Å². The first kappa shape index (κ1) is 22.4. The summed E-state index contributed by atoms with van der Waals surface area (Å²) in [5.74, 6) is -3.01. The summed E-state index contributed by atoms with van der Waals surface area (Å²) < 4.78 is 31.5. The van der Waals surface area contributed by atoms with E-state index in [1.54, 1.807) is 0 Å². The molecule has 0 fully saturated rings. The van der Waals surface area contributed by atoms with Crippen LogP contribution in [0.5, 0.6) is 0 Å². The third-order valence-corrected chi connectivity index (χ3v) is 4.96. The molecule has 4 rings (SSSR count). The third-order valence-electron chi connectivity index (χ3n) is 4.96. The monoisotopic (exact) mass is 428 g/mol. The molecule has 4 nitrogen and oxygen atoms in total. The molecule has 0 amide bonds. The summed E-state index contributed by atoms with van der Waals surface area (Å²) in [7, 11) is 0. The zero-order valence-electron chi connectivity index (χ0n) is 16.8. The molecule has 3 N–H and O–H groups in total. The minimum Gasteiger partial charge on any atom is -0.542 e. The molecule has 1 aliphatic rings. The van der Waals surface area contributed by atoms with Crippen molar-refractivity contribution in [2.75, 3.05) is 11.4 Å². The van der Waals surface area contributed by atoms with Crippen molar-refractivity contribution in [3.63, 3.8) is 0 Å². The lowest BCUT2D eigenvalue weighted by molar-refractivity contribution is -0.416. The first-order chi connectivity index (χ1) is 14.7. The maximum atomic E-state index is 10.5. The number of hydrogen-bond donors (Lipinski definition) is 1. The predicted molar refractivity (Wildman–Crippen MR) is 111 cm³/mol. The van der Waals surface area contributed by atoms with Gasteiger partial charge in [0, 0.05) is 18.7 Å². The van der Waals surface area contributed by atoms with Crippen molar-refractivity contribution >= 4 is 11.7 Å². The molecule has 0 bridgehead atoms. The van der Waals surface area contributed by atoms with Crippen LogP contribution in [0.25, 0.3) is 11.1 Å². The number of anilines is 1. The van der Waals surface area contributed by atoms with E-state index in [-0.39, 0.29) is 0 Å². The normalized spacial score (nSPS) is 15.5. The summed E-state index contributed by atoms with van der Waals surface area (Å²) in [6.07, 6.45) is -4.14. The Morgan fingerprint density at radius 2 is 1.55 bits per heavy atom. The van der Waals surface area contributed by atoms with Gasteiger partial charge in [0.15, 0.2) is 0 Å². The van der Waals surface area contributed by atoms with Gasteiger partial charge >= 0.3 is 6.18 Å². The van der Waals surface area contributed by atoms with Crippen molar-refractivity contribution in [2.45, 2.75) is 25.2 Å². The van der Waals surface area contributed by atoms with Crippen LogP contribution in [0.4, 0.5) is 18.9 Å². The Balaban J connectivity index is 0.000000339. The van der Waals surface area contributed by atoms with Crippen LogP contribution >= 0.6 is 0 Å². The highest BCUT2D eigenvalue weighted by Gasteiger charge is 2.29. The summed E-state index contributed by atoms with van der Waals surface area (Å²) in [5, 5.41) is 8.78. The van der Waals surface area contributed by atoms with Gasteiger partial charge in [-0.05, 0) is 34.4 Å². The number of fused-ring (bicyclic) bond motifs is 1.